The summed E-state index contributed by atoms with van der Waals surface area (Å²) in [5.74, 6) is 1.41. The predicted octanol–water partition coefficient (Wildman–Crippen LogP) is 3.66. The first kappa shape index (κ1) is 17.9. The normalized spacial score (nSPS) is 11.6. The van der Waals surface area contributed by atoms with Gasteiger partial charge >= 0.3 is 0 Å². The second-order valence-corrected chi connectivity index (χ2v) is 5.79. The van der Waals surface area contributed by atoms with Gasteiger partial charge in [-0.1, -0.05) is 31.2 Å². The number of hydrogen-bond acceptors (Lipinski definition) is 3. The molecule has 128 valence electrons. The van der Waals surface area contributed by atoms with Crippen molar-refractivity contribution in [1.82, 2.24) is 5.32 Å². The van der Waals surface area contributed by atoms with Crippen molar-refractivity contribution in [2.45, 2.75) is 33.3 Å². The molecular weight excluding hydrogens is 302 g/mol. The van der Waals surface area contributed by atoms with Crippen molar-refractivity contribution in [2.24, 2.45) is 0 Å². The fraction of sp³-hybridized carbons (Fsp3) is 0.350. The van der Waals surface area contributed by atoms with Gasteiger partial charge in [-0.05, 0) is 55.7 Å². The van der Waals surface area contributed by atoms with E-state index in [1.807, 2.05) is 63.2 Å². The van der Waals surface area contributed by atoms with Crippen LogP contribution < -0.4 is 14.8 Å². The maximum absolute atomic E-state index is 12.2. The number of ether oxygens (including phenoxy) is 2. The van der Waals surface area contributed by atoms with Crippen LogP contribution in [0.25, 0.3) is 0 Å². The van der Waals surface area contributed by atoms with Gasteiger partial charge < -0.3 is 14.8 Å². The zero-order valence-corrected chi connectivity index (χ0v) is 14.5. The van der Waals surface area contributed by atoms with Gasteiger partial charge in [-0.3, -0.25) is 4.79 Å². The topological polar surface area (TPSA) is 47.6 Å². The summed E-state index contributed by atoms with van der Waals surface area (Å²) in [7, 11) is 0. The molecule has 1 atom stereocenters. The third-order valence-corrected chi connectivity index (χ3v) is 3.55. The van der Waals surface area contributed by atoms with Crippen molar-refractivity contribution in [1.29, 1.82) is 0 Å². The van der Waals surface area contributed by atoms with Crippen molar-refractivity contribution in [3.63, 3.8) is 0 Å². The van der Waals surface area contributed by atoms with Gasteiger partial charge in [-0.25, -0.2) is 0 Å². The zero-order valence-electron chi connectivity index (χ0n) is 14.5. The quantitative estimate of drug-likeness (QED) is 0.753. The summed E-state index contributed by atoms with van der Waals surface area (Å²) in [5.41, 5.74) is 2.33. The minimum atomic E-state index is -0.492. The number of hydrogen-bond donors (Lipinski definition) is 1. The maximum Gasteiger partial charge on any atom is 0.261 e. The van der Waals surface area contributed by atoms with E-state index in [1.54, 1.807) is 0 Å². The van der Waals surface area contributed by atoms with E-state index in [9.17, 15) is 4.79 Å². The van der Waals surface area contributed by atoms with E-state index in [1.165, 1.54) is 0 Å². The largest absolute Gasteiger partial charge is 0.492 e. The average molecular weight is 327 g/mol. The summed E-state index contributed by atoms with van der Waals surface area (Å²) in [6.07, 6.45) is 0.118. The van der Waals surface area contributed by atoms with Crippen LogP contribution in [0.1, 0.15) is 24.5 Å². The fourth-order valence-electron chi connectivity index (χ4n) is 2.46. The number of carbonyl (C=O) groups excluding carboxylic acids is 1. The molecule has 0 saturated heterocycles. The highest BCUT2D eigenvalue weighted by molar-refractivity contribution is 5.81. The molecule has 2 aromatic rings. The average Bonchev–Trinajstić information content (AvgIpc) is 2.56. The number of nitrogens with one attached hydrogen (secondary N) is 1. The van der Waals surface area contributed by atoms with E-state index in [-0.39, 0.29) is 5.91 Å². The third-order valence-electron chi connectivity index (χ3n) is 3.55. The lowest BCUT2D eigenvalue weighted by Crippen LogP contribution is -2.39. The standard InChI is InChI=1S/C20H25NO3/c1-4-19(24-17-8-6-5-7-9-17)20(22)21-10-11-23-18-13-15(2)12-16(3)14-18/h5-9,12-14,19H,4,10-11H2,1-3H3,(H,21,22)/t19-/m1/s1. The van der Waals surface area contributed by atoms with Gasteiger partial charge in [0.2, 0.25) is 0 Å². The Balaban J connectivity index is 1.77. The van der Waals surface area contributed by atoms with Crippen LogP contribution in [0, 0.1) is 13.8 Å². The van der Waals surface area contributed by atoms with Gasteiger partial charge in [0.25, 0.3) is 5.91 Å². The molecule has 0 saturated carbocycles. The molecule has 0 spiro atoms. The van der Waals surface area contributed by atoms with Crippen LogP contribution >= 0.6 is 0 Å². The van der Waals surface area contributed by atoms with Crippen LogP contribution in [0.15, 0.2) is 48.5 Å². The van der Waals surface area contributed by atoms with Crippen molar-refractivity contribution in [3.05, 3.63) is 59.7 Å². The Hall–Kier alpha value is -2.49. The molecule has 4 heteroatoms. The Bertz CT molecular complexity index is 635. The number of amides is 1. The van der Waals surface area contributed by atoms with Crippen LogP contribution in [0.5, 0.6) is 11.5 Å². The molecule has 0 aliphatic carbocycles. The SMILES string of the molecule is CC[C@@H](Oc1ccccc1)C(=O)NCCOc1cc(C)cc(C)c1. The third kappa shape index (κ3) is 5.61. The van der Waals surface area contributed by atoms with E-state index in [2.05, 4.69) is 11.4 Å². The fourth-order valence-corrected chi connectivity index (χ4v) is 2.46. The predicted molar refractivity (Wildman–Crippen MR) is 95.6 cm³/mol. The lowest BCUT2D eigenvalue weighted by Gasteiger charge is -2.17. The number of aryl methyl sites for hydroxylation is 2. The molecule has 1 amide bonds. The lowest BCUT2D eigenvalue weighted by molar-refractivity contribution is -0.128. The van der Waals surface area contributed by atoms with Gasteiger partial charge in [-0.2, -0.15) is 0 Å². The van der Waals surface area contributed by atoms with Gasteiger partial charge in [0.1, 0.15) is 18.1 Å². The summed E-state index contributed by atoms with van der Waals surface area (Å²) in [6.45, 7) is 6.87. The van der Waals surface area contributed by atoms with Crippen LogP contribution in [-0.2, 0) is 4.79 Å². The first-order chi connectivity index (χ1) is 11.6. The maximum atomic E-state index is 12.2. The second-order valence-electron chi connectivity index (χ2n) is 5.79. The first-order valence-electron chi connectivity index (χ1n) is 8.29. The van der Waals surface area contributed by atoms with Gasteiger partial charge in [0.05, 0.1) is 6.54 Å². The molecule has 0 aromatic heterocycles. The van der Waals surface area contributed by atoms with Crippen LogP contribution in [0.2, 0.25) is 0 Å². The van der Waals surface area contributed by atoms with E-state index < -0.39 is 6.10 Å². The molecule has 0 unspecified atom stereocenters. The van der Waals surface area contributed by atoms with Crippen LogP contribution in [-0.4, -0.2) is 25.2 Å². The molecule has 0 fully saturated rings. The first-order valence-corrected chi connectivity index (χ1v) is 8.29. The molecule has 0 radical (unpaired) electrons. The number of benzene rings is 2. The summed E-state index contributed by atoms with van der Waals surface area (Å²) < 4.78 is 11.4. The van der Waals surface area contributed by atoms with Gasteiger partial charge in [-0.15, -0.1) is 0 Å². The number of carbonyl (C=O) groups is 1. The molecule has 24 heavy (non-hydrogen) atoms. The van der Waals surface area contributed by atoms with Gasteiger partial charge in [0, 0.05) is 0 Å². The molecule has 2 rings (SSSR count). The molecule has 0 bridgehead atoms. The van der Waals surface area contributed by atoms with Crippen LogP contribution in [0.4, 0.5) is 0 Å². The molecule has 0 aliphatic heterocycles. The van der Waals surface area contributed by atoms with Crippen molar-refractivity contribution >= 4 is 5.91 Å². The monoisotopic (exact) mass is 327 g/mol. The Labute approximate surface area is 143 Å². The highest BCUT2D eigenvalue weighted by Crippen LogP contribution is 2.16. The highest BCUT2D eigenvalue weighted by Gasteiger charge is 2.17. The van der Waals surface area contributed by atoms with E-state index in [0.717, 1.165) is 16.9 Å². The molecule has 0 aliphatic rings. The van der Waals surface area contributed by atoms with Crippen molar-refractivity contribution in [3.8, 4) is 11.5 Å². The minimum absolute atomic E-state index is 0.120. The van der Waals surface area contributed by atoms with E-state index in [4.69, 9.17) is 9.47 Å². The van der Waals surface area contributed by atoms with Crippen LogP contribution in [0.3, 0.4) is 0 Å². The van der Waals surface area contributed by atoms with Crippen molar-refractivity contribution in [2.75, 3.05) is 13.2 Å². The highest BCUT2D eigenvalue weighted by atomic mass is 16.5. The zero-order chi connectivity index (χ0) is 17.4. The molecule has 1 N–H and O–H groups in total. The Morgan fingerprint density at radius 2 is 1.71 bits per heavy atom. The number of para-hydroxylation sites is 1. The Kier molecular flexibility index (Phi) is 6.67. The van der Waals surface area contributed by atoms with E-state index >= 15 is 0 Å². The summed E-state index contributed by atoms with van der Waals surface area (Å²) >= 11 is 0. The molecule has 2 aromatic carbocycles. The minimum Gasteiger partial charge on any atom is -0.492 e. The summed E-state index contributed by atoms with van der Waals surface area (Å²) in [5, 5.41) is 2.86. The smallest absolute Gasteiger partial charge is 0.261 e. The molecule has 4 nitrogen and oxygen atoms in total. The van der Waals surface area contributed by atoms with Gasteiger partial charge in [0.15, 0.2) is 6.10 Å². The summed E-state index contributed by atoms with van der Waals surface area (Å²) in [4.78, 5) is 12.2. The Morgan fingerprint density at radius 1 is 1.04 bits per heavy atom. The molecular formula is C20H25NO3. The number of rotatable bonds is 8. The molecule has 0 heterocycles. The van der Waals surface area contributed by atoms with Crippen molar-refractivity contribution < 1.29 is 14.3 Å². The summed E-state index contributed by atoms with van der Waals surface area (Å²) in [6, 6.07) is 15.5. The lowest BCUT2D eigenvalue weighted by atomic mass is 10.1. The second kappa shape index (κ2) is 8.96. The van der Waals surface area contributed by atoms with E-state index in [0.29, 0.717) is 25.3 Å². The Morgan fingerprint density at radius 3 is 2.33 bits per heavy atom.